The predicted octanol–water partition coefficient (Wildman–Crippen LogP) is -1.40. The summed E-state index contributed by atoms with van der Waals surface area (Å²) in [5.41, 5.74) is -1.70. The minimum atomic E-state index is -1.84. The summed E-state index contributed by atoms with van der Waals surface area (Å²) in [5, 5.41) is 139. The minimum Gasteiger partial charge on any atom is -0.432 e. The van der Waals surface area contributed by atoms with Crippen molar-refractivity contribution in [3.05, 3.63) is 11.6 Å². The van der Waals surface area contributed by atoms with Crippen molar-refractivity contribution in [1.29, 1.82) is 0 Å². The van der Waals surface area contributed by atoms with Gasteiger partial charge >= 0.3 is 5.97 Å². The zero-order valence-electron chi connectivity index (χ0n) is 44.2. The van der Waals surface area contributed by atoms with Crippen LogP contribution >= 0.6 is 0 Å². The van der Waals surface area contributed by atoms with Crippen LogP contribution in [0.2, 0.25) is 0 Å². The normalized spacial score (nSPS) is 54.8. The topological polar surface area (TPSA) is 354 Å². The van der Waals surface area contributed by atoms with Crippen molar-refractivity contribution in [2.24, 2.45) is 50.2 Å². The van der Waals surface area contributed by atoms with Crippen molar-refractivity contribution >= 4 is 5.97 Å². The molecule has 5 aliphatic carbocycles. The highest BCUT2D eigenvalue weighted by Gasteiger charge is 2.71. The largest absolute Gasteiger partial charge is 0.432 e. The molecule has 4 saturated carbocycles. The lowest BCUT2D eigenvalue weighted by Crippen LogP contribution is -2.67. The van der Waals surface area contributed by atoms with Crippen molar-refractivity contribution < 1.29 is 109 Å². The Morgan fingerprint density at radius 3 is 1.95 bits per heavy atom. The van der Waals surface area contributed by atoms with E-state index in [1.54, 1.807) is 0 Å². The van der Waals surface area contributed by atoms with Crippen LogP contribution < -0.4 is 0 Å². The number of hydrogen-bond acceptors (Lipinski definition) is 22. The number of hydrogen-bond donors (Lipinski definition) is 13. The van der Waals surface area contributed by atoms with Gasteiger partial charge in [0, 0.05) is 5.41 Å². The predicted molar refractivity (Wildman–Crippen MR) is 257 cm³/mol. The molecule has 9 rings (SSSR count). The van der Waals surface area contributed by atoms with Crippen LogP contribution in [0.4, 0.5) is 0 Å². The van der Waals surface area contributed by atoms with E-state index in [9.17, 15) is 66.4 Å². The van der Waals surface area contributed by atoms with E-state index in [2.05, 4.69) is 40.7 Å². The SMILES string of the molecule is C[C@@H]1O[C@@H](O[C@H]2[C@H](O[C@H]3CC[C@@]4(C)[C@@H](CC[C@]5(C)[C@@H]4CC=C4[C@@H]6CC(C)(C)CC[C@]6(C(=O)O[C@@H]6O[C@H](CO[C@@H]7O[C@H](CO)[C@@H](O)[C@H](O)[C@H]7O)[C@@H](O)[C@H](O)[C@H]6O)CC[C@]45C)[C@]3(C)CO)OC[C@H](O)[C@H]2O)[C@H](O)[C@H](O)[C@H]1O. The molecule has 4 saturated heterocycles. The third-order valence-electron chi connectivity index (χ3n) is 21.1. The van der Waals surface area contributed by atoms with Gasteiger partial charge < -0.3 is 104 Å². The van der Waals surface area contributed by atoms with Crippen molar-refractivity contribution in [1.82, 2.24) is 0 Å². The standard InChI is InChI=1S/C53H86O22/c1-23-32(57)36(61)40(65)44(70-23)74-42-33(58)26(56)20-68-46(42)73-31-11-12-49(4)29(50(31,5)22-55)10-13-52(7)30(49)9-8-24-25-18-48(2,3)14-16-53(25,17-15-51(24,52)6)47(67)75-45-41(66)38(63)35(60)28(72-45)21-69-43-39(64)37(62)34(59)27(19-54)71-43/h8,23,25-46,54-66H,9-22H2,1-7H3/t23-,25-,26-,27+,28+,29+,30+,31-,32-,33+,34+,35+,36+,37-,38-,39+,40+,41+,42+,43+,44-,45-,46-,49-,50-,51+,52+,53-/m0/s1. The van der Waals surface area contributed by atoms with Gasteiger partial charge in [-0.15, -0.1) is 0 Å². The van der Waals surface area contributed by atoms with Crippen molar-refractivity contribution in [2.75, 3.05) is 26.4 Å². The average molecular weight is 1080 g/mol. The third-order valence-corrected chi connectivity index (χ3v) is 21.1. The van der Waals surface area contributed by atoms with E-state index in [1.807, 2.05) is 6.92 Å². The Labute approximate surface area is 437 Å². The fraction of sp³-hybridized carbons (Fsp3) is 0.943. The zero-order valence-corrected chi connectivity index (χ0v) is 44.2. The molecule has 0 bridgehead atoms. The van der Waals surface area contributed by atoms with Gasteiger partial charge in [-0.3, -0.25) is 4.79 Å². The summed E-state index contributed by atoms with van der Waals surface area (Å²) < 4.78 is 47.6. The minimum absolute atomic E-state index is 0.0432. The fourth-order valence-corrected chi connectivity index (χ4v) is 16.1. The number of allylic oxidation sites excluding steroid dienone is 2. The van der Waals surface area contributed by atoms with Crippen molar-refractivity contribution in [2.45, 2.75) is 235 Å². The molecule has 0 aromatic carbocycles. The number of ether oxygens (including phenoxy) is 8. The molecule has 4 aliphatic heterocycles. The Bertz CT molecular complexity index is 2060. The van der Waals surface area contributed by atoms with Gasteiger partial charge in [0.05, 0.1) is 44.1 Å². The molecule has 28 atom stereocenters. The Kier molecular flexibility index (Phi) is 16.3. The van der Waals surface area contributed by atoms with Gasteiger partial charge in [-0.1, -0.05) is 53.2 Å². The van der Waals surface area contributed by atoms with Crippen molar-refractivity contribution in [3.63, 3.8) is 0 Å². The van der Waals surface area contributed by atoms with Crippen LogP contribution in [-0.4, -0.2) is 222 Å². The molecule has 0 unspecified atom stereocenters. The van der Waals surface area contributed by atoms with Crippen LogP contribution in [0, 0.1) is 50.2 Å². The van der Waals surface area contributed by atoms with E-state index in [1.165, 1.54) is 12.5 Å². The zero-order chi connectivity index (χ0) is 54.7. The highest BCUT2D eigenvalue weighted by Crippen LogP contribution is 2.76. The average Bonchev–Trinajstić information content (AvgIpc) is 3.37. The molecule has 0 amide bonds. The Morgan fingerprint density at radius 1 is 0.640 bits per heavy atom. The third kappa shape index (κ3) is 9.50. The first kappa shape index (κ1) is 58.1. The molecular formula is C53H86O22. The van der Waals surface area contributed by atoms with E-state index >= 15 is 4.79 Å². The van der Waals surface area contributed by atoms with Crippen LogP contribution in [0.25, 0.3) is 0 Å². The number of carbonyl (C=O) groups excluding carboxylic acids is 1. The summed E-state index contributed by atoms with van der Waals surface area (Å²) in [7, 11) is 0. The lowest BCUT2D eigenvalue weighted by molar-refractivity contribution is -0.365. The van der Waals surface area contributed by atoms with Gasteiger partial charge in [0.2, 0.25) is 6.29 Å². The lowest BCUT2D eigenvalue weighted by Gasteiger charge is -2.71. The Morgan fingerprint density at radius 2 is 1.27 bits per heavy atom. The van der Waals surface area contributed by atoms with Crippen LogP contribution in [0.3, 0.4) is 0 Å². The summed E-state index contributed by atoms with van der Waals surface area (Å²) in [4.78, 5) is 15.1. The number of esters is 1. The fourth-order valence-electron chi connectivity index (χ4n) is 16.1. The molecule has 13 N–H and O–H groups in total. The summed E-state index contributed by atoms with van der Waals surface area (Å²) in [6.45, 7) is 13.2. The van der Waals surface area contributed by atoms with Gasteiger partial charge in [-0.25, -0.2) is 0 Å². The summed E-state index contributed by atoms with van der Waals surface area (Å²) in [5.74, 6) is -0.732. The van der Waals surface area contributed by atoms with Crippen LogP contribution in [0.15, 0.2) is 11.6 Å². The second-order valence-electron chi connectivity index (χ2n) is 25.7. The molecule has 9 aliphatic rings. The second kappa shape index (κ2) is 21.1. The second-order valence-corrected chi connectivity index (χ2v) is 25.7. The number of rotatable bonds is 11. The first-order chi connectivity index (χ1) is 35.1. The van der Waals surface area contributed by atoms with Gasteiger partial charge in [0.1, 0.15) is 85.5 Å². The number of carbonyl (C=O) groups is 1. The van der Waals surface area contributed by atoms with Crippen LogP contribution in [0.5, 0.6) is 0 Å². The van der Waals surface area contributed by atoms with Crippen molar-refractivity contribution in [3.8, 4) is 0 Å². The molecule has 75 heavy (non-hydrogen) atoms. The molecule has 0 aromatic rings. The summed E-state index contributed by atoms with van der Waals surface area (Å²) in [6, 6.07) is 0. The number of aliphatic hydroxyl groups is 13. The van der Waals surface area contributed by atoms with Gasteiger partial charge in [-0.05, 0) is 111 Å². The molecular weight excluding hydrogens is 989 g/mol. The van der Waals surface area contributed by atoms with E-state index in [-0.39, 0.29) is 52.6 Å². The number of aliphatic hydroxyl groups excluding tert-OH is 13. The lowest BCUT2D eigenvalue weighted by atomic mass is 9.33. The van der Waals surface area contributed by atoms with Crippen LogP contribution in [0.1, 0.15) is 113 Å². The molecule has 8 fully saturated rings. The Balaban J connectivity index is 0.931. The Hall–Kier alpha value is -1.59. The molecule has 430 valence electrons. The summed E-state index contributed by atoms with van der Waals surface area (Å²) >= 11 is 0. The van der Waals surface area contributed by atoms with Gasteiger partial charge in [-0.2, -0.15) is 0 Å². The van der Waals surface area contributed by atoms with E-state index < -0.39 is 153 Å². The first-order valence-corrected chi connectivity index (χ1v) is 27.3. The highest BCUT2D eigenvalue weighted by molar-refractivity contribution is 5.79. The van der Waals surface area contributed by atoms with E-state index in [0.717, 1.165) is 25.7 Å². The summed E-state index contributed by atoms with van der Waals surface area (Å²) in [6.07, 6.45) is -20.8. The van der Waals surface area contributed by atoms with Gasteiger partial charge in [0.25, 0.3) is 0 Å². The maximum atomic E-state index is 15.1. The van der Waals surface area contributed by atoms with Gasteiger partial charge in [0.15, 0.2) is 18.9 Å². The molecule has 4 heterocycles. The quantitative estimate of drug-likeness (QED) is 0.0643. The molecule has 0 spiro atoms. The monoisotopic (exact) mass is 1070 g/mol. The van der Waals surface area contributed by atoms with E-state index in [4.69, 9.17) is 37.9 Å². The molecule has 22 heteroatoms. The maximum Gasteiger partial charge on any atom is 0.315 e. The molecule has 0 aromatic heterocycles. The molecule has 22 nitrogen and oxygen atoms in total. The maximum absolute atomic E-state index is 15.1. The molecule has 0 radical (unpaired) electrons. The smallest absolute Gasteiger partial charge is 0.315 e. The van der Waals surface area contributed by atoms with Crippen LogP contribution in [-0.2, 0) is 42.7 Å². The first-order valence-electron chi connectivity index (χ1n) is 27.3. The van der Waals surface area contributed by atoms with E-state index in [0.29, 0.717) is 38.5 Å². The highest BCUT2D eigenvalue weighted by atomic mass is 16.8. The number of fused-ring (bicyclic) bond motifs is 7.